The van der Waals surface area contributed by atoms with Gasteiger partial charge in [-0.2, -0.15) is 0 Å². The SMILES string of the molecule is CC[C@@]1(O)C(=O)OCc2c1cc1n(c2=O)Cc2c-1nc1cc(F)c(C)c3c1c2[C@@H](NC(=O)C1(COCNC(=O)CNC(=O)[C@H](Cc2ccccc2)NC(=O)CNC(=O)CNC(=O)CCCCCNC(C)=O)CCC1)CC3. The number of aryl methyl sites for hydroxylation is 1. The maximum Gasteiger partial charge on any atom is 0.343 e. The molecular formula is C54H64FN9O12. The highest BCUT2D eigenvalue weighted by Gasteiger charge is 2.48. The number of aromatic nitrogens is 2. The Morgan fingerprint density at radius 3 is 2.34 bits per heavy atom. The van der Waals surface area contributed by atoms with Gasteiger partial charge in [-0.3, -0.25) is 38.4 Å². The molecule has 0 bridgehead atoms. The number of amides is 7. The number of unbranched alkanes of at least 4 members (excludes halogenated alkanes) is 2. The summed E-state index contributed by atoms with van der Waals surface area (Å²) < 4.78 is 28.2. The van der Waals surface area contributed by atoms with Crippen molar-refractivity contribution in [2.45, 2.75) is 122 Å². The Hall–Kier alpha value is -7.59. The molecule has 8 rings (SSSR count). The fraction of sp³-hybridized carbons (Fsp3) is 0.481. The molecule has 404 valence electrons. The van der Waals surface area contributed by atoms with Gasteiger partial charge in [0.25, 0.3) is 5.56 Å². The van der Waals surface area contributed by atoms with Crippen molar-refractivity contribution in [2.24, 2.45) is 5.41 Å². The zero-order chi connectivity index (χ0) is 54.3. The summed E-state index contributed by atoms with van der Waals surface area (Å²) in [5.41, 5.74) is 1.33. The maximum absolute atomic E-state index is 15.5. The van der Waals surface area contributed by atoms with E-state index < -0.39 is 77.2 Å². The minimum Gasteiger partial charge on any atom is -0.458 e. The molecule has 4 heterocycles. The molecule has 1 saturated carbocycles. The third kappa shape index (κ3) is 11.8. The number of nitrogens with one attached hydrogen (secondary N) is 7. The Labute approximate surface area is 437 Å². The number of ether oxygens (including phenoxy) is 2. The molecule has 0 spiro atoms. The number of cyclic esters (lactones) is 1. The Morgan fingerprint density at radius 1 is 0.895 bits per heavy atom. The number of halogens is 1. The molecule has 22 heteroatoms. The first-order valence-corrected chi connectivity index (χ1v) is 25.8. The molecule has 2 aromatic heterocycles. The number of carbonyl (C=O) groups is 8. The van der Waals surface area contributed by atoms with Crippen molar-refractivity contribution in [3.8, 4) is 11.4 Å². The predicted octanol–water partition coefficient (Wildman–Crippen LogP) is 1.66. The van der Waals surface area contributed by atoms with Gasteiger partial charge < -0.3 is 56.4 Å². The predicted molar refractivity (Wildman–Crippen MR) is 272 cm³/mol. The van der Waals surface area contributed by atoms with Gasteiger partial charge >= 0.3 is 5.97 Å². The van der Waals surface area contributed by atoms with Crippen LogP contribution in [0, 0.1) is 18.2 Å². The summed E-state index contributed by atoms with van der Waals surface area (Å²) in [6, 6.07) is 10.1. The van der Waals surface area contributed by atoms with E-state index >= 15 is 4.39 Å². The van der Waals surface area contributed by atoms with Gasteiger partial charge in [0.15, 0.2) is 5.60 Å². The van der Waals surface area contributed by atoms with E-state index in [4.69, 9.17) is 14.5 Å². The zero-order valence-electron chi connectivity index (χ0n) is 42.8. The van der Waals surface area contributed by atoms with Crippen LogP contribution in [0.25, 0.3) is 22.3 Å². The summed E-state index contributed by atoms with van der Waals surface area (Å²) in [7, 11) is 0. The second-order valence-electron chi connectivity index (χ2n) is 20.0. The third-order valence-corrected chi connectivity index (χ3v) is 14.9. The average molecular weight is 1050 g/mol. The summed E-state index contributed by atoms with van der Waals surface area (Å²) in [5, 5.41) is 30.7. The molecule has 4 aromatic rings. The van der Waals surface area contributed by atoms with Gasteiger partial charge in [0.05, 0.1) is 66.7 Å². The van der Waals surface area contributed by atoms with Crippen molar-refractivity contribution in [1.29, 1.82) is 0 Å². The molecule has 2 aromatic carbocycles. The Morgan fingerprint density at radius 2 is 1.62 bits per heavy atom. The van der Waals surface area contributed by atoms with Crippen molar-refractivity contribution >= 4 is 58.2 Å². The molecule has 0 unspecified atom stereocenters. The van der Waals surface area contributed by atoms with Gasteiger partial charge in [-0.15, -0.1) is 0 Å². The van der Waals surface area contributed by atoms with E-state index in [9.17, 15) is 48.3 Å². The van der Waals surface area contributed by atoms with Crippen molar-refractivity contribution < 1.29 is 57.3 Å². The van der Waals surface area contributed by atoms with Crippen molar-refractivity contribution in [3.63, 3.8) is 0 Å². The normalized spacial score (nSPS) is 17.9. The van der Waals surface area contributed by atoms with Crippen LogP contribution in [0.15, 0.2) is 47.3 Å². The quantitative estimate of drug-likeness (QED) is 0.0263. The van der Waals surface area contributed by atoms with E-state index in [1.54, 1.807) is 50.2 Å². The van der Waals surface area contributed by atoms with E-state index in [2.05, 4.69) is 37.2 Å². The molecular weight excluding hydrogens is 986 g/mol. The summed E-state index contributed by atoms with van der Waals surface area (Å²) >= 11 is 0. The Bertz CT molecular complexity index is 3030. The van der Waals surface area contributed by atoms with Crippen molar-refractivity contribution in [2.75, 3.05) is 39.5 Å². The Balaban J connectivity index is 0.847. The molecule has 7 amide bonds. The van der Waals surface area contributed by atoms with E-state index in [-0.39, 0.29) is 81.1 Å². The van der Waals surface area contributed by atoms with Crippen LogP contribution in [0.4, 0.5) is 4.39 Å². The number of benzene rings is 2. The van der Waals surface area contributed by atoms with Crippen LogP contribution in [0.5, 0.6) is 0 Å². The number of carbonyl (C=O) groups excluding carboxylic acids is 8. The third-order valence-electron chi connectivity index (χ3n) is 14.9. The second-order valence-corrected chi connectivity index (χ2v) is 20.0. The summed E-state index contributed by atoms with van der Waals surface area (Å²) in [6.07, 6.45) is 4.87. The van der Waals surface area contributed by atoms with Crippen LogP contribution >= 0.6 is 0 Å². The largest absolute Gasteiger partial charge is 0.458 e. The first kappa shape index (κ1) is 54.7. The summed E-state index contributed by atoms with van der Waals surface area (Å²) in [4.78, 5) is 121. The fourth-order valence-corrected chi connectivity index (χ4v) is 10.4. The Kier molecular flexibility index (Phi) is 16.9. The summed E-state index contributed by atoms with van der Waals surface area (Å²) in [6.45, 7) is 3.43. The first-order chi connectivity index (χ1) is 36.4. The molecule has 1 fully saturated rings. The molecule has 76 heavy (non-hydrogen) atoms. The van der Waals surface area contributed by atoms with Crippen molar-refractivity contribution in [3.05, 3.63) is 97.6 Å². The number of fused-ring (bicyclic) bond motifs is 5. The van der Waals surface area contributed by atoms with Crippen LogP contribution in [0.3, 0.4) is 0 Å². The van der Waals surface area contributed by atoms with E-state index in [0.717, 1.165) is 23.1 Å². The maximum atomic E-state index is 15.5. The molecule has 3 atom stereocenters. The van der Waals surface area contributed by atoms with Crippen LogP contribution < -0.4 is 42.8 Å². The number of esters is 1. The van der Waals surface area contributed by atoms with Crippen LogP contribution in [-0.4, -0.2) is 108 Å². The van der Waals surface area contributed by atoms with Crippen LogP contribution in [0.1, 0.15) is 117 Å². The minimum absolute atomic E-state index is 0.0350. The fourth-order valence-electron chi connectivity index (χ4n) is 10.4. The molecule has 2 aliphatic carbocycles. The highest BCUT2D eigenvalue weighted by atomic mass is 19.1. The molecule has 8 N–H and O–H groups in total. The highest BCUT2D eigenvalue weighted by Crippen LogP contribution is 2.47. The van der Waals surface area contributed by atoms with Crippen LogP contribution in [0.2, 0.25) is 0 Å². The molecule has 21 nitrogen and oxygen atoms in total. The summed E-state index contributed by atoms with van der Waals surface area (Å²) in [5.74, 6) is -4.58. The lowest BCUT2D eigenvalue weighted by atomic mass is 9.68. The monoisotopic (exact) mass is 1050 g/mol. The number of rotatable bonds is 23. The molecule has 4 aliphatic rings. The molecule has 2 aliphatic heterocycles. The number of pyridine rings is 2. The first-order valence-electron chi connectivity index (χ1n) is 25.8. The van der Waals surface area contributed by atoms with Crippen LogP contribution in [-0.2, 0) is 79.4 Å². The average Bonchev–Trinajstić information content (AvgIpc) is 3.79. The lowest BCUT2D eigenvalue weighted by molar-refractivity contribution is -0.172. The topological polar surface area (TPSA) is 294 Å². The number of nitrogens with zero attached hydrogens (tertiary/aromatic N) is 2. The standard InChI is InChI=1S/C54H64FN9O12/c1-4-54(74)36-21-41-48-34(26-64(41)50(71)35(36)27-76-52(54)73)47-38(16-15-33-30(2)37(55)22-39(62-48)46(33)47)63-51(72)53(17-11-18-53)28-75-29-60-44(68)24-59-49(70)40(20-32-12-7-5-8-13-32)61-45(69)25-58-43(67)23-57-42(66)14-9-6-10-19-56-31(3)65/h5,7-8,12-13,21-22,38,40,74H,4,6,9-11,14-20,23-29H2,1-3H3,(H,56,65)(H,57,66)(H,58,67)(H,59,70)(H,60,68)(H,61,69)(H,63,72)/t38-,40-,54-/m0/s1. The van der Waals surface area contributed by atoms with Gasteiger partial charge in [0, 0.05) is 48.9 Å². The van der Waals surface area contributed by atoms with Gasteiger partial charge in [-0.1, -0.05) is 50.1 Å². The second kappa shape index (κ2) is 23.5. The van der Waals surface area contributed by atoms with E-state index in [1.807, 2.05) is 0 Å². The van der Waals surface area contributed by atoms with Gasteiger partial charge in [-0.05, 0) is 80.2 Å². The number of hydrogen-bond donors (Lipinski definition) is 8. The smallest absolute Gasteiger partial charge is 0.343 e. The van der Waals surface area contributed by atoms with Gasteiger partial charge in [-0.25, -0.2) is 14.2 Å². The number of hydrogen-bond acceptors (Lipinski definition) is 13. The van der Waals surface area contributed by atoms with Gasteiger partial charge in [0.2, 0.25) is 41.4 Å². The van der Waals surface area contributed by atoms with E-state index in [0.29, 0.717) is 84.9 Å². The van der Waals surface area contributed by atoms with E-state index in [1.165, 1.54) is 17.6 Å². The molecule has 0 saturated heterocycles. The highest BCUT2D eigenvalue weighted by molar-refractivity contribution is 5.95. The van der Waals surface area contributed by atoms with Gasteiger partial charge in [0.1, 0.15) is 25.2 Å². The minimum atomic E-state index is -2.04. The number of aliphatic hydroxyl groups is 1. The van der Waals surface area contributed by atoms with Crippen molar-refractivity contribution in [1.82, 2.24) is 46.8 Å². The zero-order valence-corrected chi connectivity index (χ0v) is 42.8. The molecule has 0 radical (unpaired) electrons. The lowest BCUT2D eigenvalue weighted by Gasteiger charge is -2.41. The lowest BCUT2D eigenvalue weighted by Crippen LogP contribution is -2.52.